The van der Waals surface area contributed by atoms with Crippen LogP contribution in [0, 0.1) is 0 Å². The van der Waals surface area contributed by atoms with Crippen molar-refractivity contribution in [3.8, 4) is 11.5 Å². The number of nitrogens with zero attached hydrogens (tertiary/aromatic N) is 1. The third kappa shape index (κ3) is 5.12. The lowest BCUT2D eigenvalue weighted by molar-refractivity contribution is -0.122. The van der Waals surface area contributed by atoms with Gasteiger partial charge in [-0.3, -0.25) is 4.79 Å². The van der Waals surface area contributed by atoms with E-state index in [0.29, 0.717) is 31.0 Å². The topological polar surface area (TPSA) is 84.9 Å². The Morgan fingerprint density at radius 2 is 1.80 bits per heavy atom. The van der Waals surface area contributed by atoms with E-state index in [9.17, 15) is 13.2 Å². The van der Waals surface area contributed by atoms with Crippen LogP contribution in [0.25, 0.3) is 0 Å². The molecular formula is C22H28N2O5S. The van der Waals surface area contributed by atoms with Gasteiger partial charge in [-0.15, -0.1) is 0 Å². The van der Waals surface area contributed by atoms with Gasteiger partial charge in [0.15, 0.2) is 0 Å². The molecule has 162 valence electrons. The first-order valence-electron chi connectivity index (χ1n) is 10.00. The number of nitrogens with one attached hydrogen (secondary N) is 1. The normalized spacial score (nSPS) is 17.3. The highest BCUT2D eigenvalue weighted by Gasteiger charge is 2.34. The van der Waals surface area contributed by atoms with Crippen LogP contribution >= 0.6 is 0 Å². The number of rotatable bonds is 8. The fraction of sp³-hybridized carbons (Fsp3) is 0.409. The molecule has 3 rings (SSSR count). The molecule has 1 unspecified atom stereocenters. The van der Waals surface area contributed by atoms with E-state index in [4.69, 9.17) is 9.47 Å². The average molecular weight is 433 g/mol. The second-order valence-corrected chi connectivity index (χ2v) is 9.12. The average Bonchev–Trinajstić information content (AvgIpc) is 2.78. The lowest BCUT2D eigenvalue weighted by Crippen LogP contribution is -2.45. The minimum absolute atomic E-state index is 0.129. The Labute approximate surface area is 178 Å². The van der Waals surface area contributed by atoms with E-state index in [-0.39, 0.29) is 23.3 Å². The quantitative estimate of drug-likeness (QED) is 0.693. The van der Waals surface area contributed by atoms with Crippen LogP contribution in [-0.2, 0) is 21.4 Å². The summed E-state index contributed by atoms with van der Waals surface area (Å²) in [6.45, 7) is 0.750. The van der Waals surface area contributed by atoms with Crippen molar-refractivity contribution in [2.24, 2.45) is 0 Å². The van der Waals surface area contributed by atoms with Crippen molar-refractivity contribution >= 4 is 15.9 Å². The highest BCUT2D eigenvalue weighted by Crippen LogP contribution is 2.28. The molecule has 1 amide bonds. The van der Waals surface area contributed by atoms with Gasteiger partial charge in [0.2, 0.25) is 15.9 Å². The summed E-state index contributed by atoms with van der Waals surface area (Å²) in [6.07, 6.45) is 2.48. The zero-order valence-corrected chi connectivity index (χ0v) is 18.2. The second-order valence-electron chi connectivity index (χ2n) is 7.23. The van der Waals surface area contributed by atoms with Crippen molar-refractivity contribution in [1.29, 1.82) is 0 Å². The molecule has 0 aliphatic carbocycles. The third-order valence-corrected chi connectivity index (χ3v) is 7.29. The van der Waals surface area contributed by atoms with E-state index in [0.717, 1.165) is 18.4 Å². The van der Waals surface area contributed by atoms with Crippen LogP contribution < -0.4 is 14.8 Å². The summed E-state index contributed by atoms with van der Waals surface area (Å²) in [6, 6.07) is 13.5. The molecule has 1 aliphatic heterocycles. The Balaban J connectivity index is 1.68. The summed E-state index contributed by atoms with van der Waals surface area (Å²) in [5.41, 5.74) is 0.875. The number of ether oxygens (including phenoxy) is 2. The van der Waals surface area contributed by atoms with Crippen molar-refractivity contribution in [3.63, 3.8) is 0 Å². The van der Waals surface area contributed by atoms with Crippen LogP contribution in [0.3, 0.4) is 0 Å². The molecule has 0 aromatic heterocycles. The van der Waals surface area contributed by atoms with E-state index < -0.39 is 10.0 Å². The minimum Gasteiger partial charge on any atom is -0.497 e. The van der Waals surface area contributed by atoms with Gasteiger partial charge in [0.1, 0.15) is 11.5 Å². The summed E-state index contributed by atoms with van der Waals surface area (Å²) in [4.78, 5) is 12.8. The maximum Gasteiger partial charge on any atom is 0.243 e. The zero-order valence-electron chi connectivity index (χ0n) is 17.3. The highest BCUT2D eigenvalue weighted by molar-refractivity contribution is 7.89. The summed E-state index contributed by atoms with van der Waals surface area (Å²) >= 11 is 0. The Morgan fingerprint density at radius 1 is 1.07 bits per heavy atom. The first-order chi connectivity index (χ1) is 14.5. The van der Waals surface area contributed by atoms with Gasteiger partial charge in [-0.05, 0) is 43.2 Å². The predicted octanol–water partition coefficient (Wildman–Crippen LogP) is 2.95. The summed E-state index contributed by atoms with van der Waals surface area (Å²) in [7, 11) is -0.558. The van der Waals surface area contributed by atoms with Gasteiger partial charge in [-0.25, -0.2) is 8.42 Å². The number of methoxy groups -OCH3 is 2. The molecule has 1 N–H and O–H groups in total. The van der Waals surface area contributed by atoms with Gasteiger partial charge < -0.3 is 14.8 Å². The number of sulfonamides is 1. The Morgan fingerprint density at radius 3 is 2.50 bits per heavy atom. The maximum atomic E-state index is 13.2. The molecule has 7 nitrogen and oxygen atoms in total. The molecule has 1 heterocycles. The molecule has 0 bridgehead atoms. The lowest BCUT2D eigenvalue weighted by atomic mass is 10.0. The largest absolute Gasteiger partial charge is 0.497 e. The monoisotopic (exact) mass is 432 g/mol. The van der Waals surface area contributed by atoms with Gasteiger partial charge in [-0.2, -0.15) is 4.31 Å². The zero-order chi connectivity index (χ0) is 21.6. The molecule has 1 atom stereocenters. The molecular weight excluding hydrogens is 404 g/mol. The van der Waals surface area contributed by atoms with Gasteiger partial charge in [-0.1, -0.05) is 24.6 Å². The molecule has 1 fully saturated rings. The predicted molar refractivity (Wildman–Crippen MR) is 114 cm³/mol. The Hall–Kier alpha value is -2.58. The number of piperidine rings is 1. The van der Waals surface area contributed by atoms with E-state index in [1.54, 1.807) is 31.4 Å². The van der Waals surface area contributed by atoms with Crippen LogP contribution in [0.5, 0.6) is 11.5 Å². The number of amides is 1. The number of carbonyl (C=O) groups excluding carboxylic acids is 1. The molecule has 2 aromatic rings. The van der Waals surface area contributed by atoms with Crippen LogP contribution in [0.2, 0.25) is 0 Å². The maximum absolute atomic E-state index is 13.2. The summed E-state index contributed by atoms with van der Waals surface area (Å²) in [5.74, 6) is 1.13. The van der Waals surface area contributed by atoms with Crippen molar-refractivity contribution < 1.29 is 22.7 Å². The molecule has 0 radical (unpaired) electrons. The molecule has 2 aromatic carbocycles. The first-order valence-corrected chi connectivity index (χ1v) is 11.4. The summed E-state index contributed by atoms with van der Waals surface area (Å²) in [5, 5.41) is 2.89. The van der Waals surface area contributed by atoms with Crippen LogP contribution in [-0.4, -0.2) is 45.4 Å². The lowest BCUT2D eigenvalue weighted by Gasteiger charge is -2.34. The number of hydrogen-bond acceptors (Lipinski definition) is 5. The molecule has 0 spiro atoms. The smallest absolute Gasteiger partial charge is 0.243 e. The first kappa shape index (κ1) is 22.1. The van der Waals surface area contributed by atoms with E-state index in [1.165, 1.54) is 11.4 Å². The van der Waals surface area contributed by atoms with Crippen molar-refractivity contribution in [2.45, 2.75) is 43.2 Å². The highest BCUT2D eigenvalue weighted by atomic mass is 32.2. The summed E-state index contributed by atoms with van der Waals surface area (Å²) < 4.78 is 38.2. The molecule has 30 heavy (non-hydrogen) atoms. The van der Waals surface area contributed by atoms with Crippen molar-refractivity contribution in [3.05, 3.63) is 54.1 Å². The van der Waals surface area contributed by atoms with Crippen LogP contribution in [0.1, 0.15) is 31.2 Å². The molecule has 1 aliphatic rings. The fourth-order valence-electron chi connectivity index (χ4n) is 3.71. The number of benzene rings is 2. The standard InChI is InChI=1S/C22H28N2O5S/c1-28-19-10-12-20(13-11-19)30(26,27)24-14-6-5-8-18(24)15-22(25)23-16-17-7-3-4-9-21(17)29-2/h3-4,7,9-13,18H,5-6,8,14-16H2,1-2H3,(H,23,25). The van der Waals surface area contributed by atoms with Gasteiger partial charge in [0.25, 0.3) is 0 Å². The third-order valence-electron chi connectivity index (χ3n) is 5.33. The van der Waals surface area contributed by atoms with Crippen molar-refractivity contribution in [2.75, 3.05) is 20.8 Å². The molecule has 8 heteroatoms. The molecule has 0 saturated carbocycles. The molecule has 1 saturated heterocycles. The minimum atomic E-state index is -3.68. The van der Waals surface area contributed by atoms with E-state index in [1.807, 2.05) is 24.3 Å². The van der Waals surface area contributed by atoms with E-state index in [2.05, 4.69) is 5.32 Å². The van der Waals surface area contributed by atoms with Gasteiger partial charge in [0.05, 0.1) is 19.1 Å². The fourth-order valence-corrected chi connectivity index (χ4v) is 5.40. The SMILES string of the molecule is COc1ccc(S(=O)(=O)N2CCCCC2CC(=O)NCc2ccccc2OC)cc1. The number of hydrogen-bond donors (Lipinski definition) is 1. The van der Waals surface area contributed by atoms with Gasteiger partial charge >= 0.3 is 0 Å². The number of carbonyl (C=O) groups is 1. The van der Waals surface area contributed by atoms with Gasteiger partial charge in [0, 0.05) is 31.1 Å². The Kier molecular flexibility index (Phi) is 7.33. The van der Waals surface area contributed by atoms with Crippen LogP contribution in [0.4, 0.5) is 0 Å². The number of para-hydroxylation sites is 1. The van der Waals surface area contributed by atoms with E-state index >= 15 is 0 Å². The van der Waals surface area contributed by atoms with Crippen molar-refractivity contribution in [1.82, 2.24) is 9.62 Å². The second kappa shape index (κ2) is 9.95. The Bertz CT molecular complexity index is 960. The van der Waals surface area contributed by atoms with Crippen LogP contribution in [0.15, 0.2) is 53.4 Å².